The summed E-state index contributed by atoms with van der Waals surface area (Å²) in [5, 5.41) is 3.26. The SMILES string of the molecule is COCCN(CC(C)C)C(=O)CCNC(C)C. The van der Waals surface area contributed by atoms with Gasteiger partial charge in [0.05, 0.1) is 6.61 Å². The van der Waals surface area contributed by atoms with Crippen LogP contribution in [0.25, 0.3) is 0 Å². The van der Waals surface area contributed by atoms with Crippen molar-refractivity contribution in [2.75, 3.05) is 33.4 Å². The summed E-state index contributed by atoms with van der Waals surface area (Å²) in [5.41, 5.74) is 0. The Bertz CT molecular complexity index is 206. The molecule has 0 aliphatic heterocycles. The first kappa shape index (κ1) is 16.4. The Morgan fingerprint density at radius 1 is 1.29 bits per heavy atom. The van der Waals surface area contributed by atoms with E-state index in [4.69, 9.17) is 4.74 Å². The van der Waals surface area contributed by atoms with Crippen LogP contribution in [0.4, 0.5) is 0 Å². The molecule has 0 spiro atoms. The number of hydrogen-bond donors (Lipinski definition) is 1. The topological polar surface area (TPSA) is 41.6 Å². The summed E-state index contributed by atoms with van der Waals surface area (Å²) in [6.45, 7) is 11.3. The Morgan fingerprint density at radius 2 is 1.94 bits per heavy atom. The summed E-state index contributed by atoms with van der Waals surface area (Å²) in [6.07, 6.45) is 0.564. The summed E-state index contributed by atoms with van der Waals surface area (Å²) in [4.78, 5) is 13.9. The third-order valence-corrected chi connectivity index (χ3v) is 2.40. The second-order valence-corrected chi connectivity index (χ2v) is 5.09. The molecule has 1 N–H and O–H groups in total. The third kappa shape index (κ3) is 9.12. The van der Waals surface area contributed by atoms with Crippen LogP contribution < -0.4 is 5.32 Å². The molecule has 0 unspecified atom stereocenters. The van der Waals surface area contributed by atoms with Crippen molar-refractivity contribution in [2.24, 2.45) is 5.92 Å². The molecule has 0 saturated heterocycles. The summed E-state index contributed by atoms with van der Waals surface area (Å²) >= 11 is 0. The van der Waals surface area contributed by atoms with Crippen molar-refractivity contribution in [3.63, 3.8) is 0 Å². The van der Waals surface area contributed by atoms with Gasteiger partial charge in [0.2, 0.25) is 5.91 Å². The van der Waals surface area contributed by atoms with Crippen LogP contribution in [-0.2, 0) is 9.53 Å². The molecular weight excluding hydrogens is 216 g/mol. The van der Waals surface area contributed by atoms with Gasteiger partial charge in [0.15, 0.2) is 0 Å². The Balaban J connectivity index is 4.03. The number of rotatable bonds is 9. The summed E-state index contributed by atoms with van der Waals surface area (Å²) in [7, 11) is 1.67. The predicted molar refractivity (Wildman–Crippen MR) is 71.0 cm³/mol. The van der Waals surface area contributed by atoms with Gasteiger partial charge in [-0.15, -0.1) is 0 Å². The molecule has 102 valence electrons. The maximum atomic E-state index is 12.0. The second kappa shape index (κ2) is 9.42. The van der Waals surface area contributed by atoms with Gasteiger partial charge in [0, 0.05) is 39.2 Å². The van der Waals surface area contributed by atoms with Gasteiger partial charge in [-0.1, -0.05) is 27.7 Å². The monoisotopic (exact) mass is 244 g/mol. The van der Waals surface area contributed by atoms with Crippen LogP contribution in [-0.4, -0.2) is 50.2 Å². The number of hydrogen-bond acceptors (Lipinski definition) is 3. The van der Waals surface area contributed by atoms with Crippen LogP contribution in [0, 0.1) is 5.92 Å². The number of carbonyl (C=O) groups excluding carboxylic acids is 1. The van der Waals surface area contributed by atoms with E-state index in [1.54, 1.807) is 7.11 Å². The molecule has 0 fully saturated rings. The lowest BCUT2D eigenvalue weighted by Gasteiger charge is -2.24. The number of amides is 1. The van der Waals surface area contributed by atoms with Crippen LogP contribution >= 0.6 is 0 Å². The van der Waals surface area contributed by atoms with E-state index < -0.39 is 0 Å². The minimum absolute atomic E-state index is 0.212. The smallest absolute Gasteiger partial charge is 0.223 e. The molecule has 0 saturated carbocycles. The molecule has 4 heteroatoms. The van der Waals surface area contributed by atoms with Gasteiger partial charge >= 0.3 is 0 Å². The van der Waals surface area contributed by atoms with Gasteiger partial charge in [-0.3, -0.25) is 4.79 Å². The molecule has 0 aromatic heterocycles. The fraction of sp³-hybridized carbons (Fsp3) is 0.923. The first-order valence-electron chi connectivity index (χ1n) is 6.47. The first-order chi connectivity index (χ1) is 7.97. The highest BCUT2D eigenvalue weighted by Gasteiger charge is 2.14. The normalized spacial score (nSPS) is 11.2. The molecule has 0 radical (unpaired) electrons. The highest BCUT2D eigenvalue weighted by Crippen LogP contribution is 2.01. The standard InChI is InChI=1S/C13H28N2O2/c1-11(2)10-15(8-9-17-5)13(16)6-7-14-12(3)4/h11-12,14H,6-10H2,1-5H3. The summed E-state index contributed by atoms with van der Waals surface area (Å²) in [6, 6.07) is 0.431. The fourth-order valence-electron chi connectivity index (χ4n) is 1.59. The summed E-state index contributed by atoms with van der Waals surface area (Å²) < 4.78 is 5.04. The van der Waals surface area contributed by atoms with Crippen molar-refractivity contribution in [3.8, 4) is 0 Å². The lowest BCUT2D eigenvalue weighted by molar-refractivity contribution is -0.132. The molecule has 0 aliphatic carbocycles. The average molecular weight is 244 g/mol. The highest BCUT2D eigenvalue weighted by atomic mass is 16.5. The molecule has 0 aromatic rings. The van der Waals surface area contributed by atoms with E-state index in [2.05, 4.69) is 33.0 Å². The Hall–Kier alpha value is -0.610. The minimum Gasteiger partial charge on any atom is -0.383 e. The van der Waals surface area contributed by atoms with E-state index in [0.29, 0.717) is 31.5 Å². The zero-order valence-electron chi connectivity index (χ0n) is 12.0. The largest absolute Gasteiger partial charge is 0.383 e. The van der Waals surface area contributed by atoms with Gasteiger partial charge in [0.1, 0.15) is 0 Å². The molecule has 17 heavy (non-hydrogen) atoms. The lowest BCUT2D eigenvalue weighted by Crippen LogP contribution is -2.38. The number of carbonyl (C=O) groups is 1. The van der Waals surface area contributed by atoms with Crippen molar-refractivity contribution in [3.05, 3.63) is 0 Å². The molecule has 1 amide bonds. The van der Waals surface area contributed by atoms with E-state index in [9.17, 15) is 4.79 Å². The minimum atomic E-state index is 0.212. The van der Waals surface area contributed by atoms with E-state index in [1.807, 2.05) is 4.90 Å². The van der Waals surface area contributed by atoms with Crippen LogP contribution in [0.15, 0.2) is 0 Å². The zero-order chi connectivity index (χ0) is 13.3. The number of nitrogens with zero attached hydrogens (tertiary/aromatic N) is 1. The molecule has 0 rings (SSSR count). The van der Waals surface area contributed by atoms with Gasteiger partial charge in [-0.25, -0.2) is 0 Å². The van der Waals surface area contributed by atoms with E-state index in [1.165, 1.54) is 0 Å². The Labute approximate surface area is 106 Å². The Kier molecular flexibility index (Phi) is 9.09. The number of methoxy groups -OCH3 is 1. The molecule has 0 aromatic carbocycles. The quantitative estimate of drug-likeness (QED) is 0.668. The van der Waals surface area contributed by atoms with Crippen LogP contribution in [0.1, 0.15) is 34.1 Å². The fourth-order valence-corrected chi connectivity index (χ4v) is 1.59. The van der Waals surface area contributed by atoms with Crippen molar-refractivity contribution in [2.45, 2.75) is 40.2 Å². The van der Waals surface area contributed by atoms with Gasteiger partial charge in [-0.2, -0.15) is 0 Å². The molecule has 0 aliphatic rings. The van der Waals surface area contributed by atoms with E-state index in [-0.39, 0.29) is 5.91 Å². The lowest BCUT2D eigenvalue weighted by atomic mass is 10.2. The molecule has 0 atom stereocenters. The summed E-state index contributed by atoms with van der Waals surface area (Å²) in [5.74, 6) is 0.706. The Morgan fingerprint density at radius 3 is 2.41 bits per heavy atom. The molecule has 4 nitrogen and oxygen atoms in total. The average Bonchev–Trinajstić information content (AvgIpc) is 2.22. The van der Waals surface area contributed by atoms with Crippen LogP contribution in [0.2, 0.25) is 0 Å². The van der Waals surface area contributed by atoms with Crippen molar-refractivity contribution >= 4 is 5.91 Å². The maximum absolute atomic E-state index is 12.0. The number of nitrogens with one attached hydrogen (secondary N) is 1. The van der Waals surface area contributed by atoms with Crippen LogP contribution in [0.3, 0.4) is 0 Å². The van der Waals surface area contributed by atoms with Crippen molar-refractivity contribution in [1.29, 1.82) is 0 Å². The second-order valence-electron chi connectivity index (χ2n) is 5.09. The van der Waals surface area contributed by atoms with Crippen molar-refractivity contribution in [1.82, 2.24) is 10.2 Å². The van der Waals surface area contributed by atoms with Crippen LogP contribution in [0.5, 0.6) is 0 Å². The third-order valence-electron chi connectivity index (χ3n) is 2.40. The molecule has 0 bridgehead atoms. The predicted octanol–water partition coefficient (Wildman–Crippen LogP) is 1.51. The van der Waals surface area contributed by atoms with Gasteiger partial charge in [-0.05, 0) is 5.92 Å². The first-order valence-corrected chi connectivity index (χ1v) is 6.47. The highest BCUT2D eigenvalue weighted by molar-refractivity contribution is 5.76. The van der Waals surface area contributed by atoms with Crippen molar-refractivity contribution < 1.29 is 9.53 Å². The maximum Gasteiger partial charge on any atom is 0.223 e. The van der Waals surface area contributed by atoms with Gasteiger partial charge in [0.25, 0.3) is 0 Å². The van der Waals surface area contributed by atoms with Gasteiger partial charge < -0.3 is 15.0 Å². The molecular formula is C13H28N2O2. The molecule has 0 heterocycles. The van der Waals surface area contributed by atoms with E-state index >= 15 is 0 Å². The zero-order valence-corrected chi connectivity index (χ0v) is 12.0. The number of ether oxygens (including phenoxy) is 1. The van der Waals surface area contributed by atoms with E-state index in [0.717, 1.165) is 13.1 Å².